The van der Waals surface area contributed by atoms with E-state index >= 15 is 0 Å². The van der Waals surface area contributed by atoms with E-state index in [1.807, 2.05) is 4.90 Å². The van der Waals surface area contributed by atoms with Crippen molar-refractivity contribution < 1.29 is 28.9 Å². The number of hydrogen-bond donors (Lipinski definition) is 2. The average Bonchev–Trinajstić information content (AvgIpc) is 3.63. The molecule has 3 aliphatic rings. The molecule has 1 aromatic carbocycles. The number of rotatable bonds is 10. The number of pyridine rings is 1. The normalized spacial score (nSPS) is 20.0. The molecule has 1 unspecified atom stereocenters. The third-order valence-corrected chi connectivity index (χ3v) is 7.55. The Bertz CT molecular complexity index is 1070. The Labute approximate surface area is 217 Å². The van der Waals surface area contributed by atoms with Crippen LogP contribution in [0.4, 0.5) is 4.39 Å². The molecule has 1 aromatic heterocycles. The van der Waals surface area contributed by atoms with Gasteiger partial charge in [0.1, 0.15) is 11.9 Å². The van der Waals surface area contributed by atoms with Crippen molar-refractivity contribution in [3.8, 4) is 0 Å². The summed E-state index contributed by atoms with van der Waals surface area (Å²) < 4.78 is 20.1. The lowest BCUT2D eigenvalue weighted by Gasteiger charge is -2.26. The Balaban J connectivity index is 0.00000102. The minimum Gasteiger partial charge on any atom is -0.483 e. The highest BCUT2D eigenvalue weighted by Gasteiger charge is 2.37. The van der Waals surface area contributed by atoms with Crippen molar-refractivity contribution in [3.63, 3.8) is 0 Å². The lowest BCUT2D eigenvalue weighted by molar-refractivity contribution is -0.143. The van der Waals surface area contributed by atoms with E-state index in [1.54, 1.807) is 6.07 Å². The highest BCUT2D eigenvalue weighted by Crippen LogP contribution is 2.44. The van der Waals surface area contributed by atoms with Gasteiger partial charge in [-0.15, -0.1) is 0 Å². The highest BCUT2D eigenvalue weighted by atomic mass is 19.1. The smallest absolute Gasteiger partial charge is 0.325 e. The number of aliphatic carboxylic acids is 1. The fourth-order valence-electron chi connectivity index (χ4n) is 5.58. The van der Waals surface area contributed by atoms with Gasteiger partial charge in [-0.3, -0.25) is 19.5 Å². The van der Waals surface area contributed by atoms with Crippen LogP contribution in [0.1, 0.15) is 85.0 Å². The number of ether oxygens (including phenoxy) is 1. The summed E-state index contributed by atoms with van der Waals surface area (Å²) in [5.74, 6) is -0.909. The number of nitrogens with zero attached hydrogens (tertiary/aromatic N) is 2. The number of likely N-dealkylation sites (tertiary alicyclic amines) is 1. The van der Waals surface area contributed by atoms with E-state index in [0.29, 0.717) is 31.2 Å². The van der Waals surface area contributed by atoms with Crippen LogP contribution < -0.4 is 0 Å². The maximum atomic E-state index is 14.0. The molecule has 2 heterocycles. The number of halogens is 1. The van der Waals surface area contributed by atoms with Crippen LogP contribution in [0, 0.1) is 5.82 Å². The molecule has 8 heteroatoms. The molecule has 37 heavy (non-hydrogen) atoms. The molecule has 0 spiro atoms. The SMILES string of the molecule is O=C(O)C(c1cc(F)ccc1C1CC1)N1CC[C@@H](OCCCCc2ccc3c(n2)CCCC3)C1.O=CO. The van der Waals surface area contributed by atoms with Crippen LogP contribution in [0.25, 0.3) is 0 Å². The zero-order valence-electron chi connectivity index (χ0n) is 21.3. The first kappa shape index (κ1) is 27.2. The molecule has 5 rings (SSSR count). The molecule has 1 saturated heterocycles. The number of aryl methyl sites for hydroxylation is 3. The fourth-order valence-corrected chi connectivity index (χ4v) is 5.58. The summed E-state index contributed by atoms with van der Waals surface area (Å²) in [5, 5.41) is 16.9. The molecule has 2 fully saturated rings. The Kier molecular flexibility index (Phi) is 9.63. The van der Waals surface area contributed by atoms with Gasteiger partial charge in [-0.1, -0.05) is 12.1 Å². The third-order valence-electron chi connectivity index (χ3n) is 7.55. The van der Waals surface area contributed by atoms with Crippen LogP contribution in [0.5, 0.6) is 0 Å². The van der Waals surface area contributed by atoms with Crippen molar-refractivity contribution in [2.24, 2.45) is 0 Å². The van der Waals surface area contributed by atoms with Crippen molar-refractivity contribution in [3.05, 3.63) is 64.2 Å². The molecule has 2 aromatic rings. The van der Waals surface area contributed by atoms with Gasteiger partial charge in [-0.2, -0.15) is 0 Å². The van der Waals surface area contributed by atoms with Gasteiger partial charge in [0, 0.05) is 31.1 Å². The standard InChI is InChI=1S/C28H35FN2O3.CH2O2/c29-21-11-13-24(19-8-9-19)25(17-21)27(28(32)33)31-15-14-23(18-31)34-16-4-3-6-22-12-10-20-5-1-2-7-26(20)30-22;2-1-3/h10-13,17,19,23,27H,1-9,14-16,18H2,(H,32,33);1H,(H,2,3)/t23-,27?;/m1./s1. The summed E-state index contributed by atoms with van der Waals surface area (Å²) in [6, 6.07) is 8.27. The largest absolute Gasteiger partial charge is 0.483 e. The van der Waals surface area contributed by atoms with Crippen LogP contribution in [0.2, 0.25) is 0 Å². The number of carboxylic acids is 1. The van der Waals surface area contributed by atoms with E-state index in [4.69, 9.17) is 19.6 Å². The zero-order valence-corrected chi connectivity index (χ0v) is 21.3. The number of benzene rings is 1. The van der Waals surface area contributed by atoms with Crippen molar-refractivity contribution in [1.82, 2.24) is 9.88 Å². The molecule has 0 bridgehead atoms. The molecule has 2 N–H and O–H groups in total. The number of unbranched alkanes of at least 4 members (excludes halogenated alkanes) is 1. The van der Waals surface area contributed by atoms with E-state index < -0.39 is 12.0 Å². The Morgan fingerprint density at radius 3 is 2.70 bits per heavy atom. The number of carboxylic acid groups (broad SMARTS) is 2. The summed E-state index contributed by atoms with van der Waals surface area (Å²) >= 11 is 0. The van der Waals surface area contributed by atoms with E-state index in [1.165, 1.54) is 48.3 Å². The predicted molar refractivity (Wildman–Crippen MR) is 137 cm³/mol. The second-order valence-electron chi connectivity index (χ2n) is 10.2. The topological polar surface area (TPSA) is 100.0 Å². The zero-order chi connectivity index (χ0) is 26.2. The first-order chi connectivity index (χ1) is 18.0. The van der Waals surface area contributed by atoms with Crippen LogP contribution in [0.3, 0.4) is 0 Å². The van der Waals surface area contributed by atoms with Crippen molar-refractivity contribution in [1.29, 1.82) is 0 Å². The van der Waals surface area contributed by atoms with Crippen molar-refractivity contribution in [2.45, 2.75) is 82.3 Å². The maximum Gasteiger partial charge on any atom is 0.325 e. The summed E-state index contributed by atoms with van der Waals surface area (Å²) in [7, 11) is 0. The minimum absolute atomic E-state index is 0.0293. The molecule has 7 nitrogen and oxygen atoms in total. The molecule has 1 saturated carbocycles. The van der Waals surface area contributed by atoms with Crippen LogP contribution >= 0.6 is 0 Å². The number of hydrogen-bond acceptors (Lipinski definition) is 5. The molecular formula is C29H37FN2O5. The van der Waals surface area contributed by atoms with Crippen LogP contribution in [-0.4, -0.2) is 58.3 Å². The van der Waals surface area contributed by atoms with E-state index in [9.17, 15) is 14.3 Å². The summed E-state index contributed by atoms with van der Waals surface area (Å²) in [6.45, 7) is 1.65. The van der Waals surface area contributed by atoms with E-state index in [2.05, 4.69) is 12.1 Å². The first-order valence-electron chi connectivity index (χ1n) is 13.4. The number of aromatic nitrogens is 1. The first-order valence-corrected chi connectivity index (χ1v) is 13.4. The lowest BCUT2D eigenvalue weighted by atomic mass is 9.95. The van der Waals surface area contributed by atoms with Crippen LogP contribution in [-0.2, 0) is 33.6 Å². The number of carbonyl (C=O) groups is 2. The van der Waals surface area contributed by atoms with Gasteiger partial charge in [0.05, 0.1) is 6.10 Å². The van der Waals surface area contributed by atoms with Gasteiger partial charge < -0.3 is 14.9 Å². The summed E-state index contributed by atoms with van der Waals surface area (Å²) in [4.78, 5) is 27.4. The quantitative estimate of drug-likeness (QED) is 0.344. The summed E-state index contributed by atoms with van der Waals surface area (Å²) in [6.07, 6.45) is 10.7. The Hall–Kier alpha value is -2.84. The van der Waals surface area contributed by atoms with E-state index in [-0.39, 0.29) is 18.4 Å². The van der Waals surface area contributed by atoms with Gasteiger partial charge >= 0.3 is 5.97 Å². The second kappa shape index (κ2) is 13.1. The van der Waals surface area contributed by atoms with Gasteiger partial charge in [0.15, 0.2) is 0 Å². The van der Waals surface area contributed by atoms with Crippen molar-refractivity contribution >= 4 is 12.4 Å². The second-order valence-corrected chi connectivity index (χ2v) is 10.2. The van der Waals surface area contributed by atoms with Crippen LogP contribution in [0.15, 0.2) is 30.3 Å². The average molecular weight is 513 g/mol. The highest BCUT2D eigenvalue weighted by molar-refractivity contribution is 5.76. The van der Waals surface area contributed by atoms with Gasteiger partial charge in [-0.25, -0.2) is 4.39 Å². The summed E-state index contributed by atoms with van der Waals surface area (Å²) in [5.41, 5.74) is 5.51. The fraction of sp³-hybridized carbons (Fsp3) is 0.552. The molecule has 2 atom stereocenters. The molecule has 0 amide bonds. The molecule has 1 aliphatic heterocycles. The molecule has 200 valence electrons. The Morgan fingerprint density at radius 1 is 1.16 bits per heavy atom. The molecular weight excluding hydrogens is 475 g/mol. The van der Waals surface area contributed by atoms with E-state index in [0.717, 1.165) is 50.5 Å². The minimum atomic E-state index is -0.911. The molecule has 2 aliphatic carbocycles. The molecule has 0 radical (unpaired) electrons. The van der Waals surface area contributed by atoms with Gasteiger partial charge in [-0.05, 0) is 105 Å². The van der Waals surface area contributed by atoms with Gasteiger partial charge in [0.2, 0.25) is 0 Å². The number of fused-ring (bicyclic) bond motifs is 1. The lowest BCUT2D eigenvalue weighted by Crippen LogP contribution is -2.34. The monoisotopic (exact) mass is 512 g/mol. The maximum absolute atomic E-state index is 14.0. The third kappa shape index (κ3) is 7.36. The van der Waals surface area contributed by atoms with Gasteiger partial charge in [0.25, 0.3) is 6.47 Å². The van der Waals surface area contributed by atoms with Crippen molar-refractivity contribution in [2.75, 3.05) is 19.7 Å². The predicted octanol–water partition coefficient (Wildman–Crippen LogP) is 4.92. The Morgan fingerprint density at radius 2 is 1.95 bits per heavy atom.